The molecule has 3 heteroatoms. The molecule has 13 heavy (non-hydrogen) atoms. The fraction of sp³-hybridized carbons (Fsp3) is 1.00. The normalized spacial score (nSPS) is 34.2. The number of halogens is 1. The summed E-state index contributed by atoms with van der Waals surface area (Å²) in [7, 11) is 0. The highest BCUT2D eigenvalue weighted by atomic mass is 19.1. The molecule has 1 saturated heterocycles. The monoisotopic (exact) mass is 187 g/mol. The van der Waals surface area contributed by atoms with Crippen LogP contribution in [0, 0.1) is 5.92 Å². The van der Waals surface area contributed by atoms with E-state index in [1.165, 1.54) is 0 Å². The van der Waals surface area contributed by atoms with E-state index < -0.39 is 5.67 Å². The zero-order valence-electron chi connectivity index (χ0n) is 8.26. The first kappa shape index (κ1) is 9.41. The lowest BCUT2D eigenvalue weighted by Gasteiger charge is -2.22. The number of hydrogen-bond donors (Lipinski definition) is 0. The van der Waals surface area contributed by atoms with Gasteiger partial charge in [0.05, 0.1) is 13.2 Å². The van der Waals surface area contributed by atoms with Crippen LogP contribution >= 0.6 is 0 Å². The van der Waals surface area contributed by atoms with Crippen molar-refractivity contribution < 1.29 is 9.13 Å². The highest BCUT2D eigenvalue weighted by molar-refractivity contribution is 4.97. The molecule has 0 aromatic heterocycles. The van der Waals surface area contributed by atoms with Gasteiger partial charge in [0.15, 0.2) is 0 Å². The van der Waals surface area contributed by atoms with E-state index in [2.05, 4.69) is 11.8 Å². The van der Waals surface area contributed by atoms with Crippen LogP contribution in [0.15, 0.2) is 0 Å². The van der Waals surface area contributed by atoms with Crippen LogP contribution in [0.2, 0.25) is 0 Å². The summed E-state index contributed by atoms with van der Waals surface area (Å²) in [6, 6.07) is 0. The fourth-order valence-corrected chi connectivity index (χ4v) is 1.90. The second kappa shape index (κ2) is 3.54. The van der Waals surface area contributed by atoms with Crippen LogP contribution in [0.4, 0.5) is 4.39 Å². The van der Waals surface area contributed by atoms with Crippen molar-refractivity contribution in [3.63, 3.8) is 0 Å². The fourth-order valence-electron chi connectivity index (χ4n) is 1.90. The van der Waals surface area contributed by atoms with Gasteiger partial charge in [-0.3, -0.25) is 4.90 Å². The van der Waals surface area contributed by atoms with Crippen molar-refractivity contribution in [2.24, 2.45) is 5.92 Å². The Morgan fingerprint density at radius 3 is 3.00 bits per heavy atom. The molecule has 0 aromatic rings. The van der Waals surface area contributed by atoms with E-state index >= 15 is 0 Å². The molecule has 0 amide bonds. The summed E-state index contributed by atoms with van der Waals surface area (Å²) in [5.41, 5.74) is -0.843. The molecule has 0 N–H and O–H groups in total. The zero-order valence-corrected chi connectivity index (χ0v) is 8.26. The molecule has 76 valence electrons. The molecule has 0 bridgehead atoms. The summed E-state index contributed by atoms with van der Waals surface area (Å²) in [6.45, 7) is 6.27. The molecule has 0 spiro atoms. The van der Waals surface area contributed by atoms with Gasteiger partial charge in [0.1, 0.15) is 5.67 Å². The average molecular weight is 187 g/mol. The minimum atomic E-state index is -0.843. The standard InChI is InChI=1S/C10H18FNO/c1-9-6-12(4-5-13-7-9)8-10(11)2-3-10/h9H,2-8H2,1H3. The van der Waals surface area contributed by atoms with E-state index in [0.29, 0.717) is 12.5 Å². The van der Waals surface area contributed by atoms with Gasteiger partial charge in [-0.25, -0.2) is 4.39 Å². The van der Waals surface area contributed by atoms with E-state index in [-0.39, 0.29) is 0 Å². The van der Waals surface area contributed by atoms with Crippen molar-refractivity contribution in [1.29, 1.82) is 0 Å². The van der Waals surface area contributed by atoms with Crippen molar-refractivity contribution in [3.8, 4) is 0 Å². The predicted octanol–water partition coefficient (Wildman–Crippen LogP) is 1.46. The first-order valence-electron chi connectivity index (χ1n) is 5.17. The van der Waals surface area contributed by atoms with Gasteiger partial charge >= 0.3 is 0 Å². The van der Waals surface area contributed by atoms with Gasteiger partial charge in [-0.2, -0.15) is 0 Å². The maximum Gasteiger partial charge on any atom is 0.123 e. The highest BCUT2D eigenvalue weighted by Crippen LogP contribution is 2.40. The molecular weight excluding hydrogens is 169 g/mol. The van der Waals surface area contributed by atoms with E-state index in [9.17, 15) is 4.39 Å². The van der Waals surface area contributed by atoms with E-state index in [0.717, 1.165) is 39.1 Å². The molecule has 1 unspecified atom stereocenters. The minimum Gasteiger partial charge on any atom is -0.380 e. The zero-order chi connectivity index (χ0) is 9.31. The number of nitrogens with zero attached hydrogens (tertiary/aromatic N) is 1. The Balaban J connectivity index is 1.82. The summed E-state index contributed by atoms with van der Waals surface area (Å²) in [5, 5.41) is 0. The van der Waals surface area contributed by atoms with Crippen LogP contribution < -0.4 is 0 Å². The highest BCUT2D eigenvalue weighted by Gasteiger charge is 2.44. The molecule has 1 saturated carbocycles. The molecular formula is C10H18FNO. The Labute approximate surface area is 79.1 Å². The number of ether oxygens (including phenoxy) is 1. The summed E-state index contributed by atoms with van der Waals surface area (Å²) in [6.07, 6.45) is 1.53. The van der Waals surface area contributed by atoms with E-state index in [1.54, 1.807) is 0 Å². The van der Waals surface area contributed by atoms with Gasteiger partial charge in [0.2, 0.25) is 0 Å². The van der Waals surface area contributed by atoms with Gasteiger partial charge in [-0.1, -0.05) is 6.92 Å². The summed E-state index contributed by atoms with van der Waals surface area (Å²) in [4.78, 5) is 2.21. The number of hydrogen-bond acceptors (Lipinski definition) is 2. The lowest BCUT2D eigenvalue weighted by molar-refractivity contribution is 0.123. The number of alkyl halides is 1. The van der Waals surface area contributed by atoms with Crippen molar-refractivity contribution in [2.75, 3.05) is 32.8 Å². The Morgan fingerprint density at radius 1 is 1.54 bits per heavy atom. The summed E-state index contributed by atoms with van der Waals surface area (Å²) < 4.78 is 18.9. The number of rotatable bonds is 2. The Morgan fingerprint density at radius 2 is 2.31 bits per heavy atom. The van der Waals surface area contributed by atoms with Crippen LogP contribution in [-0.2, 0) is 4.74 Å². The summed E-state index contributed by atoms with van der Waals surface area (Å²) >= 11 is 0. The Hall–Kier alpha value is -0.150. The Kier molecular flexibility index (Phi) is 2.56. The maximum atomic E-state index is 13.5. The molecule has 0 aromatic carbocycles. The molecule has 1 aliphatic carbocycles. The average Bonchev–Trinajstić information content (AvgIpc) is 2.79. The molecule has 2 aliphatic rings. The first-order chi connectivity index (χ1) is 6.18. The third-order valence-electron chi connectivity index (χ3n) is 2.82. The SMILES string of the molecule is CC1COCCN(CC2(F)CC2)C1. The van der Waals surface area contributed by atoms with Gasteiger partial charge in [0.25, 0.3) is 0 Å². The minimum absolute atomic E-state index is 0.546. The third kappa shape index (κ3) is 2.64. The largest absolute Gasteiger partial charge is 0.380 e. The van der Waals surface area contributed by atoms with E-state index in [4.69, 9.17) is 4.74 Å². The van der Waals surface area contributed by atoms with Crippen LogP contribution in [0.25, 0.3) is 0 Å². The van der Waals surface area contributed by atoms with Crippen LogP contribution in [-0.4, -0.2) is 43.4 Å². The molecule has 0 radical (unpaired) electrons. The topological polar surface area (TPSA) is 12.5 Å². The second-order valence-corrected chi connectivity index (χ2v) is 4.57. The van der Waals surface area contributed by atoms with E-state index in [1.807, 2.05) is 0 Å². The van der Waals surface area contributed by atoms with Crippen molar-refractivity contribution >= 4 is 0 Å². The predicted molar refractivity (Wildman–Crippen MR) is 49.5 cm³/mol. The summed E-state index contributed by atoms with van der Waals surface area (Å²) in [5.74, 6) is 0.546. The quantitative estimate of drug-likeness (QED) is 0.649. The van der Waals surface area contributed by atoms with Gasteiger partial charge in [-0.05, 0) is 18.8 Å². The van der Waals surface area contributed by atoms with Gasteiger partial charge in [0, 0.05) is 19.6 Å². The lowest BCUT2D eigenvalue weighted by Crippen LogP contribution is -2.35. The van der Waals surface area contributed by atoms with Crippen molar-refractivity contribution in [1.82, 2.24) is 4.90 Å². The lowest BCUT2D eigenvalue weighted by atomic mass is 10.2. The molecule has 1 heterocycles. The van der Waals surface area contributed by atoms with Crippen molar-refractivity contribution in [3.05, 3.63) is 0 Å². The first-order valence-corrected chi connectivity index (χ1v) is 5.17. The molecule has 1 atom stereocenters. The smallest absolute Gasteiger partial charge is 0.123 e. The maximum absolute atomic E-state index is 13.5. The molecule has 1 aliphatic heterocycles. The van der Waals surface area contributed by atoms with Crippen LogP contribution in [0.1, 0.15) is 19.8 Å². The Bertz CT molecular complexity index is 182. The van der Waals surface area contributed by atoms with Crippen molar-refractivity contribution in [2.45, 2.75) is 25.4 Å². The van der Waals surface area contributed by atoms with Gasteiger partial charge < -0.3 is 4.74 Å². The molecule has 2 fully saturated rings. The third-order valence-corrected chi connectivity index (χ3v) is 2.82. The second-order valence-electron chi connectivity index (χ2n) is 4.57. The molecule has 2 rings (SSSR count). The van der Waals surface area contributed by atoms with Crippen LogP contribution in [0.5, 0.6) is 0 Å². The van der Waals surface area contributed by atoms with Gasteiger partial charge in [-0.15, -0.1) is 0 Å². The molecule has 2 nitrogen and oxygen atoms in total. The van der Waals surface area contributed by atoms with Crippen LogP contribution in [0.3, 0.4) is 0 Å².